The van der Waals surface area contributed by atoms with Gasteiger partial charge in [0.25, 0.3) is 5.89 Å². The average molecular weight is 491 g/mol. The van der Waals surface area contributed by atoms with E-state index in [-0.39, 0.29) is 12.1 Å². The summed E-state index contributed by atoms with van der Waals surface area (Å²) in [4.78, 5) is 6.90. The van der Waals surface area contributed by atoms with Crippen molar-refractivity contribution in [3.05, 3.63) is 71.2 Å². The Balaban J connectivity index is 1.54. The lowest BCUT2D eigenvalue weighted by molar-refractivity contribution is 0.0962. The molecule has 1 aromatic heterocycles. The normalized spacial score (nSPS) is 20.3. The third kappa shape index (κ3) is 4.81. The van der Waals surface area contributed by atoms with Crippen LogP contribution in [0.25, 0.3) is 17.0 Å². The molecule has 2 aliphatic heterocycles. The van der Waals surface area contributed by atoms with Gasteiger partial charge < -0.3 is 24.2 Å². The molecule has 1 saturated heterocycles. The maximum absolute atomic E-state index is 5.90. The van der Waals surface area contributed by atoms with E-state index in [0.29, 0.717) is 23.4 Å². The molecule has 3 heterocycles. The van der Waals surface area contributed by atoms with Crippen molar-refractivity contribution in [1.82, 2.24) is 20.4 Å². The van der Waals surface area contributed by atoms with Crippen LogP contribution in [-0.2, 0) is 11.2 Å². The van der Waals surface area contributed by atoms with E-state index in [4.69, 9.17) is 31.2 Å². The van der Waals surface area contributed by atoms with Crippen molar-refractivity contribution in [1.29, 1.82) is 0 Å². The fraction of sp³-hybridized carbons (Fsp3) is 0.370. The van der Waals surface area contributed by atoms with Gasteiger partial charge in [-0.2, -0.15) is 4.98 Å². The summed E-state index contributed by atoms with van der Waals surface area (Å²) in [7, 11) is 1.65. The number of rotatable bonds is 7. The third-order valence-corrected chi connectivity index (χ3v) is 7.07. The quantitative estimate of drug-likeness (QED) is 0.456. The second kappa shape index (κ2) is 10.2. The standard InChI is InChI=1S/C27H30N4O3S/c1-4-18-7-9-19(10-8-18)24-23(17(2)31(27(35)28-24)16-22-6-5-15-33-22)26-29-25(30-34-26)20-11-13-21(32-3)14-12-20/h7-14,22,24H,4-6,15-16H2,1-3H3,(H,28,35). The van der Waals surface area contributed by atoms with Gasteiger partial charge >= 0.3 is 0 Å². The Hall–Kier alpha value is -3.23. The van der Waals surface area contributed by atoms with Gasteiger partial charge in [-0.3, -0.25) is 0 Å². The minimum Gasteiger partial charge on any atom is -0.497 e. The van der Waals surface area contributed by atoms with Crippen molar-refractivity contribution in [3.63, 3.8) is 0 Å². The number of nitrogens with one attached hydrogen (secondary N) is 1. The third-order valence-electron chi connectivity index (χ3n) is 6.73. The van der Waals surface area contributed by atoms with E-state index in [1.807, 2.05) is 24.3 Å². The maximum Gasteiger partial charge on any atom is 0.258 e. The number of aryl methyl sites for hydroxylation is 1. The lowest BCUT2D eigenvalue weighted by Gasteiger charge is -2.38. The summed E-state index contributed by atoms with van der Waals surface area (Å²) in [6.45, 7) is 5.72. The number of methoxy groups -OCH3 is 1. The second-order valence-corrected chi connectivity index (χ2v) is 9.26. The van der Waals surface area contributed by atoms with Crippen molar-refractivity contribution in [2.24, 2.45) is 0 Å². The van der Waals surface area contributed by atoms with Gasteiger partial charge in [-0.25, -0.2) is 0 Å². The van der Waals surface area contributed by atoms with Crippen LogP contribution in [0.4, 0.5) is 0 Å². The van der Waals surface area contributed by atoms with E-state index in [2.05, 4.69) is 53.5 Å². The summed E-state index contributed by atoms with van der Waals surface area (Å²) in [6, 6.07) is 16.0. The van der Waals surface area contributed by atoms with E-state index in [0.717, 1.165) is 54.0 Å². The van der Waals surface area contributed by atoms with Gasteiger partial charge in [-0.15, -0.1) is 0 Å². The fourth-order valence-electron chi connectivity index (χ4n) is 4.66. The number of aromatic nitrogens is 2. The zero-order valence-corrected chi connectivity index (χ0v) is 21.1. The predicted octanol–water partition coefficient (Wildman–Crippen LogP) is 5.15. The predicted molar refractivity (Wildman–Crippen MR) is 139 cm³/mol. The molecular weight excluding hydrogens is 460 g/mol. The fourth-order valence-corrected chi connectivity index (χ4v) is 4.99. The molecule has 0 spiro atoms. The summed E-state index contributed by atoms with van der Waals surface area (Å²) in [5, 5.41) is 8.51. The van der Waals surface area contributed by atoms with Crippen LogP contribution in [0.2, 0.25) is 0 Å². The summed E-state index contributed by atoms with van der Waals surface area (Å²) in [6.07, 6.45) is 3.26. The molecule has 182 valence electrons. The van der Waals surface area contributed by atoms with Crippen LogP contribution in [-0.4, -0.2) is 46.5 Å². The zero-order chi connectivity index (χ0) is 24.4. The molecule has 0 amide bonds. The average Bonchev–Trinajstić information content (AvgIpc) is 3.59. The van der Waals surface area contributed by atoms with Crippen LogP contribution in [0.1, 0.15) is 49.7 Å². The second-order valence-electron chi connectivity index (χ2n) is 8.87. The van der Waals surface area contributed by atoms with Gasteiger partial charge in [0.15, 0.2) is 5.11 Å². The van der Waals surface area contributed by atoms with Gasteiger partial charge in [-0.05, 0) is 73.8 Å². The number of hydrogen-bond acceptors (Lipinski definition) is 6. The van der Waals surface area contributed by atoms with Crippen LogP contribution >= 0.6 is 12.2 Å². The SMILES string of the molecule is CCc1ccc(C2NC(=S)N(CC3CCCO3)C(C)=C2c2nc(-c3ccc(OC)cc3)no2)cc1. The Morgan fingerprint density at radius 1 is 1.14 bits per heavy atom. The van der Waals surface area contributed by atoms with E-state index in [1.165, 1.54) is 5.56 Å². The maximum atomic E-state index is 5.90. The van der Waals surface area contributed by atoms with Crippen LogP contribution in [0.15, 0.2) is 58.8 Å². The number of allylic oxidation sites excluding steroid dienone is 1. The lowest BCUT2D eigenvalue weighted by atomic mass is 9.93. The Morgan fingerprint density at radius 3 is 2.57 bits per heavy atom. The van der Waals surface area contributed by atoms with E-state index < -0.39 is 0 Å². The van der Waals surface area contributed by atoms with Gasteiger partial charge in [-0.1, -0.05) is 36.3 Å². The first-order valence-electron chi connectivity index (χ1n) is 12.0. The number of nitrogens with zero attached hydrogens (tertiary/aromatic N) is 3. The van der Waals surface area contributed by atoms with Crippen LogP contribution < -0.4 is 10.1 Å². The van der Waals surface area contributed by atoms with E-state index in [1.54, 1.807) is 7.11 Å². The van der Waals surface area contributed by atoms with Crippen molar-refractivity contribution in [3.8, 4) is 17.1 Å². The topological polar surface area (TPSA) is 72.7 Å². The molecule has 1 N–H and O–H groups in total. The molecule has 2 aliphatic rings. The molecule has 2 atom stereocenters. The highest BCUT2D eigenvalue weighted by Gasteiger charge is 2.35. The van der Waals surface area contributed by atoms with Gasteiger partial charge in [0.2, 0.25) is 5.82 Å². The minimum absolute atomic E-state index is 0.156. The molecule has 2 unspecified atom stereocenters. The molecular formula is C27H30N4O3S. The molecule has 3 aromatic rings. The Morgan fingerprint density at radius 2 is 1.91 bits per heavy atom. The van der Waals surface area contributed by atoms with E-state index >= 15 is 0 Å². The first kappa shape index (κ1) is 23.5. The summed E-state index contributed by atoms with van der Waals surface area (Å²) in [5.41, 5.74) is 5.17. The van der Waals surface area contributed by atoms with Crippen molar-refractivity contribution < 1.29 is 14.0 Å². The van der Waals surface area contributed by atoms with Gasteiger partial charge in [0.05, 0.1) is 31.4 Å². The number of ether oxygens (including phenoxy) is 2. The van der Waals surface area contributed by atoms with Gasteiger partial charge in [0.1, 0.15) is 5.75 Å². The molecule has 0 saturated carbocycles. The van der Waals surface area contributed by atoms with Crippen molar-refractivity contribution >= 4 is 22.9 Å². The molecule has 35 heavy (non-hydrogen) atoms. The Bertz CT molecular complexity index is 1210. The van der Waals surface area contributed by atoms with Crippen LogP contribution in [0.3, 0.4) is 0 Å². The summed E-state index contributed by atoms with van der Waals surface area (Å²) in [5.74, 6) is 1.79. The highest BCUT2D eigenvalue weighted by Crippen LogP contribution is 2.38. The Kier molecular flexibility index (Phi) is 6.83. The molecule has 8 heteroatoms. The lowest BCUT2D eigenvalue weighted by Crippen LogP contribution is -2.48. The van der Waals surface area contributed by atoms with Crippen LogP contribution in [0, 0.1) is 0 Å². The minimum atomic E-state index is -0.196. The highest BCUT2D eigenvalue weighted by atomic mass is 32.1. The summed E-state index contributed by atoms with van der Waals surface area (Å²) < 4.78 is 17.0. The number of benzene rings is 2. The van der Waals surface area contributed by atoms with E-state index in [9.17, 15) is 0 Å². The molecule has 0 bridgehead atoms. The molecule has 1 fully saturated rings. The first-order chi connectivity index (χ1) is 17.1. The molecule has 2 aromatic carbocycles. The number of hydrogen-bond donors (Lipinski definition) is 1. The Labute approximate surface area is 211 Å². The monoisotopic (exact) mass is 490 g/mol. The first-order valence-corrected chi connectivity index (χ1v) is 12.5. The molecule has 0 radical (unpaired) electrons. The van der Waals surface area contributed by atoms with Crippen LogP contribution in [0.5, 0.6) is 5.75 Å². The summed E-state index contributed by atoms with van der Waals surface area (Å²) >= 11 is 5.82. The molecule has 7 nitrogen and oxygen atoms in total. The molecule has 0 aliphatic carbocycles. The van der Waals surface area contributed by atoms with Crippen molar-refractivity contribution in [2.45, 2.75) is 45.3 Å². The number of thiocarbonyl (C=S) groups is 1. The molecule has 5 rings (SSSR count). The van der Waals surface area contributed by atoms with Crippen molar-refractivity contribution in [2.75, 3.05) is 20.3 Å². The smallest absolute Gasteiger partial charge is 0.258 e. The largest absolute Gasteiger partial charge is 0.497 e. The highest BCUT2D eigenvalue weighted by molar-refractivity contribution is 7.80. The van der Waals surface area contributed by atoms with Gasteiger partial charge in [0, 0.05) is 17.9 Å². The zero-order valence-electron chi connectivity index (χ0n) is 20.3.